The zero-order valence-electron chi connectivity index (χ0n) is 24.5. The van der Waals surface area contributed by atoms with Gasteiger partial charge in [0.1, 0.15) is 32.2 Å². The van der Waals surface area contributed by atoms with E-state index in [2.05, 4.69) is 42.3 Å². The first-order valence-corrected chi connectivity index (χ1v) is 16.5. The Bertz CT molecular complexity index is 1610. The Morgan fingerprint density at radius 3 is 2.26 bits per heavy atom. The van der Waals surface area contributed by atoms with Crippen LogP contribution in [0.1, 0.15) is 31.2 Å². The van der Waals surface area contributed by atoms with Crippen molar-refractivity contribution in [1.29, 1.82) is 0 Å². The third-order valence-corrected chi connectivity index (χ3v) is 10.3. The van der Waals surface area contributed by atoms with Crippen molar-refractivity contribution in [3.8, 4) is 11.5 Å². The van der Waals surface area contributed by atoms with Crippen LogP contribution in [0, 0.1) is 0 Å². The van der Waals surface area contributed by atoms with E-state index in [4.69, 9.17) is 19.4 Å². The van der Waals surface area contributed by atoms with Crippen LogP contribution < -0.4 is 19.8 Å². The molecule has 2 fully saturated rings. The number of anilines is 2. The zero-order chi connectivity index (χ0) is 29.2. The van der Waals surface area contributed by atoms with Crippen molar-refractivity contribution in [3.63, 3.8) is 0 Å². The van der Waals surface area contributed by atoms with Gasteiger partial charge in [0.25, 0.3) is 0 Å². The van der Waals surface area contributed by atoms with Gasteiger partial charge in [-0.15, -0.1) is 0 Å². The Hall–Kier alpha value is -3.58. The van der Waals surface area contributed by atoms with Gasteiger partial charge in [0.2, 0.25) is 5.13 Å². The molecule has 0 atom stereocenters. The highest BCUT2D eigenvalue weighted by Gasteiger charge is 2.33. The van der Waals surface area contributed by atoms with Gasteiger partial charge in [-0.3, -0.25) is 9.91 Å². The number of hydrazine groups is 1. The number of thiazole rings is 2. The molecular weight excluding hydrogens is 581 g/mol. The van der Waals surface area contributed by atoms with E-state index < -0.39 is 0 Å². The average molecular weight is 617 g/mol. The Morgan fingerprint density at radius 2 is 1.58 bits per heavy atom. The summed E-state index contributed by atoms with van der Waals surface area (Å²) in [7, 11) is 3.44. The molecule has 2 aliphatic rings. The van der Waals surface area contributed by atoms with Crippen LogP contribution in [-0.4, -0.2) is 82.3 Å². The second-order valence-electron chi connectivity index (χ2n) is 11.1. The molecule has 12 heteroatoms. The highest BCUT2D eigenvalue weighted by Crippen LogP contribution is 2.35. The molecule has 0 aliphatic carbocycles. The predicted molar refractivity (Wildman–Crippen MR) is 173 cm³/mol. The third-order valence-electron chi connectivity index (χ3n) is 8.41. The Kier molecular flexibility index (Phi) is 8.25. The fraction of sp³-hybridized carbons (Fsp3) is 0.419. The van der Waals surface area contributed by atoms with E-state index in [0.717, 1.165) is 106 Å². The molecule has 10 nitrogen and oxygen atoms in total. The predicted octanol–water partition coefficient (Wildman–Crippen LogP) is 5.68. The molecule has 0 radical (unpaired) electrons. The monoisotopic (exact) mass is 616 g/mol. The van der Waals surface area contributed by atoms with Crippen molar-refractivity contribution in [1.82, 2.24) is 29.8 Å². The highest BCUT2D eigenvalue weighted by atomic mass is 32.1. The first kappa shape index (κ1) is 28.2. The number of benzene rings is 1. The van der Waals surface area contributed by atoms with Crippen LogP contribution in [0.2, 0.25) is 0 Å². The van der Waals surface area contributed by atoms with E-state index in [9.17, 15) is 0 Å². The first-order chi connectivity index (χ1) is 21.2. The topological polar surface area (TPSA) is 91.8 Å². The lowest BCUT2D eigenvalue weighted by molar-refractivity contribution is 0.134. The van der Waals surface area contributed by atoms with Crippen LogP contribution in [-0.2, 0) is 6.54 Å². The summed E-state index contributed by atoms with van der Waals surface area (Å²) in [6, 6.07) is 14.8. The molecule has 0 spiro atoms. The van der Waals surface area contributed by atoms with Gasteiger partial charge in [0.15, 0.2) is 5.13 Å². The van der Waals surface area contributed by atoms with Crippen molar-refractivity contribution in [3.05, 3.63) is 60.4 Å². The number of hydrogen-bond donors (Lipinski definition) is 1. The molecule has 7 rings (SSSR count). The molecule has 4 aromatic heterocycles. The average Bonchev–Trinajstić information content (AvgIpc) is 3.66. The molecule has 0 saturated carbocycles. The Balaban J connectivity index is 1.05. The Labute approximate surface area is 259 Å². The number of nitrogens with one attached hydrogen (secondary N) is 1. The second kappa shape index (κ2) is 12.6. The number of ether oxygens (including phenoxy) is 2. The number of aromatic nitrogens is 4. The van der Waals surface area contributed by atoms with Crippen LogP contribution in [0.15, 0.2) is 54.9 Å². The molecule has 6 heterocycles. The zero-order valence-corrected chi connectivity index (χ0v) is 26.1. The summed E-state index contributed by atoms with van der Waals surface area (Å²) in [5.41, 5.74) is 3.09. The lowest BCUT2D eigenvalue weighted by Gasteiger charge is -2.46. The number of methoxy groups -OCH3 is 2. The van der Waals surface area contributed by atoms with Gasteiger partial charge in [-0.1, -0.05) is 22.7 Å². The summed E-state index contributed by atoms with van der Waals surface area (Å²) >= 11 is 3.33. The van der Waals surface area contributed by atoms with Gasteiger partial charge >= 0.3 is 0 Å². The molecule has 1 N–H and O–H groups in total. The van der Waals surface area contributed by atoms with Gasteiger partial charge in [0, 0.05) is 56.7 Å². The van der Waals surface area contributed by atoms with Gasteiger partial charge < -0.3 is 14.8 Å². The number of pyridine rings is 2. The van der Waals surface area contributed by atoms with Crippen molar-refractivity contribution in [2.75, 3.05) is 50.7 Å². The first-order valence-electron chi connectivity index (χ1n) is 14.8. The molecular formula is C31H36N8O2S2. The van der Waals surface area contributed by atoms with Gasteiger partial charge in [-0.2, -0.15) is 0 Å². The minimum atomic E-state index is 0.379. The van der Waals surface area contributed by atoms with E-state index >= 15 is 0 Å². The van der Waals surface area contributed by atoms with Gasteiger partial charge in [-0.05, 0) is 68.1 Å². The summed E-state index contributed by atoms with van der Waals surface area (Å²) in [6.45, 7) is 4.79. The van der Waals surface area contributed by atoms with E-state index in [0.29, 0.717) is 12.1 Å². The lowest BCUT2D eigenvalue weighted by atomic mass is 10.0. The summed E-state index contributed by atoms with van der Waals surface area (Å²) in [4.78, 5) is 23.4. The molecule has 0 unspecified atom stereocenters. The quantitative estimate of drug-likeness (QED) is 0.223. The van der Waals surface area contributed by atoms with E-state index in [-0.39, 0.29) is 0 Å². The normalized spacial score (nSPS) is 17.4. The van der Waals surface area contributed by atoms with Crippen molar-refractivity contribution >= 4 is 53.6 Å². The number of rotatable bonds is 9. The fourth-order valence-corrected chi connectivity index (χ4v) is 8.06. The SMILES string of the molecule is COc1ccc(OC)c(CN2CCC(N(c3nc4cccnc4s3)N3CCC(Nc4nc5cccnc5s4)CC3)CC2)c1. The Morgan fingerprint density at radius 1 is 0.860 bits per heavy atom. The number of likely N-dealkylation sites (tertiary alicyclic amines) is 1. The van der Waals surface area contributed by atoms with Gasteiger partial charge in [-0.25, -0.2) is 24.9 Å². The van der Waals surface area contributed by atoms with E-state index in [1.807, 2.05) is 42.7 Å². The molecule has 224 valence electrons. The van der Waals surface area contributed by atoms with Crippen LogP contribution in [0.3, 0.4) is 0 Å². The standard InChI is InChI=1S/C31H36N8O2S2/c1-40-24-7-8-27(41-2)21(19-24)20-37-15-11-23(12-16-37)39(31-36-26-6-4-14-33-29(26)43-31)38-17-9-22(10-18-38)34-30-35-25-5-3-13-32-28(25)42-30/h3-8,13-14,19,22-23H,9-12,15-18,20H2,1-2H3,(H,34,35). The van der Waals surface area contributed by atoms with Gasteiger partial charge in [0.05, 0.1) is 20.3 Å². The van der Waals surface area contributed by atoms with Crippen molar-refractivity contribution in [2.24, 2.45) is 0 Å². The van der Waals surface area contributed by atoms with Crippen LogP contribution >= 0.6 is 22.7 Å². The summed E-state index contributed by atoms with van der Waals surface area (Å²) < 4.78 is 11.1. The van der Waals surface area contributed by atoms with E-state index in [1.165, 1.54) is 0 Å². The summed E-state index contributed by atoms with van der Waals surface area (Å²) in [5, 5.41) is 10.7. The van der Waals surface area contributed by atoms with Crippen molar-refractivity contribution < 1.29 is 9.47 Å². The third kappa shape index (κ3) is 6.10. The smallest absolute Gasteiger partial charge is 0.202 e. The number of nitrogens with zero attached hydrogens (tertiary/aromatic N) is 7. The summed E-state index contributed by atoms with van der Waals surface area (Å²) in [6.07, 6.45) is 7.89. The highest BCUT2D eigenvalue weighted by molar-refractivity contribution is 7.22. The number of fused-ring (bicyclic) bond motifs is 2. The largest absolute Gasteiger partial charge is 0.497 e. The minimum absolute atomic E-state index is 0.379. The number of hydrogen-bond acceptors (Lipinski definition) is 12. The molecule has 0 amide bonds. The summed E-state index contributed by atoms with van der Waals surface area (Å²) in [5.74, 6) is 1.77. The minimum Gasteiger partial charge on any atom is -0.497 e. The van der Waals surface area contributed by atoms with Crippen molar-refractivity contribution in [2.45, 2.75) is 44.3 Å². The molecule has 1 aromatic carbocycles. The molecule has 43 heavy (non-hydrogen) atoms. The van der Waals surface area contributed by atoms with Crippen LogP contribution in [0.5, 0.6) is 11.5 Å². The van der Waals surface area contributed by atoms with Crippen LogP contribution in [0.25, 0.3) is 20.7 Å². The molecule has 2 saturated heterocycles. The second-order valence-corrected chi connectivity index (χ2v) is 13.0. The maximum atomic E-state index is 5.65. The maximum absolute atomic E-state index is 5.65. The lowest BCUT2D eigenvalue weighted by Crippen LogP contribution is -2.56. The molecule has 0 bridgehead atoms. The van der Waals surface area contributed by atoms with E-state index in [1.54, 1.807) is 36.9 Å². The number of piperidine rings is 2. The van der Waals surface area contributed by atoms with Crippen LogP contribution in [0.4, 0.5) is 10.3 Å². The molecule has 2 aliphatic heterocycles. The maximum Gasteiger partial charge on any atom is 0.202 e. The fourth-order valence-electron chi connectivity index (χ4n) is 6.16. The molecule has 5 aromatic rings.